The van der Waals surface area contributed by atoms with Crippen molar-refractivity contribution in [1.82, 2.24) is 5.32 Å². The average Bonchev–Trinajstić information content (AvgIpc) is 2.92. The largest absolute Gasteiger partial charge is 0.381 e. The standard InChI is InChI=1S/C29H48F3NO7/c1-33-9-13-37-15-17-39-19-21-40-20-18-38-16-14-36-12-7-3-6-11-35-10-5-2-4-8-26(34)24-27-28(31)22-25(30)23-29(27)32/h22-23,33H,2-21,24H2,1H3. The van der Waals surface area contributed by atoms with Crippen LogP contribution in [0.4, 0.5) is 13.2 Å². The van der Waals surface area contributed by atoms with Gasteiger partial charge < -0.3 is 33.7 Å². The predicted octanol–water partition coefficient (Wildman–Crippen LogP) is 4.27. The SMILES string of the molecule is CNCCOCCOCCOCCOCCOCCCCCOCCCCCC(=O)Cc1c(F)cc(F)cc1F. The van der Waals surface area contributed by atoms with Crippen LogP contribution in [0.2, 0.25) is 0 Å². The lowest BCUT2D eigenvalue weighted by atomic mass is 10.0. The molecule has 40 heavy (non-hydrogen) atoms. The number of hydrogen-bond donors (Lipinski definition) is 1. The number of halogens is 3. The Balaban J connectivity index is 1.75. The minimum atomic E-state index is -1.02. The first-order chi connectivity index (χ1) is 19.5. The minimum absolute atomic E-state index is 0.235. The maximum Gasteiger partial charge on any atom is 0.137 e. The topological polar surface area (TPSA) is 84.5 Å². The number of rotatable bonds is 29. The van der Waals surface area contributed by atoms with Crippen LogP contribution in [0.3, 0.4) is 0 Å². The van der Waals surface area contributed by atoms with Gasteiger partial charge in [-0.05, 0) is 39.2 Å². The molecule has 0 aromatic heterocycles. The van der Waals surface area contributed by atoms with Crippen molar-refractivity contribution in [2.24, 2.45) is 0 Å². The third-order valence-corrected chi connectivity index (χ3v) is 5.79. The highest BCUT2D eigenvalue weighted by Gasteiger charge is 2.15. The molecule has 0 unspecified atom stereocenters. The highest BCUT2D eigenvalue weighted by molar-refractivity contribution is 5.80. The molecule has 0 aliphatic rings. The van der Waals surface area contributed by atoms with E-state index in [1.165, 1.54) is 0 Å². The molecule has 0 bridgehead atoms. The summed E-state index contributed by atoms with van der Waals surface area (Å²) in [6, 6.07) is 1.19. The molecule has 0 heterocycles. The number of carbonyl (C=O) groups is 1. The molecule has 0 radical (unpaired) electrons. The van der Waals surface area contributed by atoms with Crippen molar-refractivity contribution >= 4 is 5.78 Å². The third kappa shape index (κ3) is 21.2. The van der Waals surface area contributed by atoms with E-state index in [0.29, 0.717) is 97.8 Å². The maximum atomic E-state index is 13.6. The van der Waals surface area contributed by atoms with Crippen LogP contribution in [0, 0.1) is 17.5 Å². The van der Waals surface area contributed by atoms with Crippen LogP contribution < -0.4 is 5.32 Å². The molecule has 0 saturated heterocycles. The van der Waals surface area contributed by atoms with E-state index in [9.17, 15) is 18.0 Å². The highest BCUT2D eigenvalue weighted by Crippen LogP contribution is 2.16. The van der Waals surface area contributed by atoms with Crippen LogP contribution >= 0.6 is 0 Å². The summed E-state index contributed by atoms with van der Waals surface area (Å²) in [6.45, 7) is 7.90. The van der Waals surface area contributed by atoms with Crippen molar-refractivity contribution in [2.75, 3.05) is 92.9 Å². The summed E-state index contributed by atoms with van der Waals surface area (Å²) in [5.74, 6) is -3.29. The zero-order chi connectivity index (χ0) is 29.1. The van der Waals surface area contributed by atoms with E-state index in [1.54, 1.807) is 0 Å². The molecule has 1 rings (SSSR count). The minimum Gasteiger partial charge on any atom is -0.381 e. The monoisotopic (exact) mass is 579 g/mol. The third-order valence-electron chi connectivity index (χ3n) is 5.79. The van der Waals surface area contributed by atoms with E-state index in [0.717, 1.165) is 38.6 Å². The fraction of sp³-hybridized carbons (Fsp3) is 0.759. The predicted molar refractivity (Wildman–Crippen MR) is 146 cm³/mol. The van der Waals surface area contributed by atoms with Crippen molar-refractivity contribution in [3.8, 4) is 0 Å². The number of ether oxygens (including phenoxy) is 6. The Morgan fingerprint density at radius 1 is 0.600 bits per heavy atom. The lowest BCUT2D eigenvalue weighted by Gasteiger charge is -2.08. The zero-order valence-electron chi connectivity index (χ0n) is 24.0. The van der Waals surface area contributed by atoms with E-state index < -0.39 is 17.5 Å². The molecule has 1 N–H and O–H groups in total. The molecular weight excluding hydrogens is 531 g/mol. The summed E-state index contributed by atoms with van der Waals surface area (Å²) in [6.07, 6.45) is 5.06. The van der Waals surface area contributed by atoms with Crippen LogP contribution in [-0.4, -0.2) is 98.7 Å². The average molecular weight is 580 g/mol. The van der Waals surface area contributed by atoms with Crippen molar-refractivity contribution in [2.45, 2.75) is 51.4 Å². The van der Waals surface area contributed by atoms with E-state index in [4.69, 9.17) is 28.4 Å². The Morgan fingerprint density at radius 2 is 1.00 bits per heavy atom. The van der Waals surface area contributed by atoms with Gasteiger partial charge in [0.25, 0.3) is 0 Å². The summed E-state index contributed by atoms with van der Waals surface area (Å²) in [4.78, 5) is 11.9. The molecular formula is C29H48F3NO7. The van der Waals surface area contributed by atoms with Crippen molar-refractivity contribution in [1.29, 1.82) is 0 Å². The van der Waals surface area contributed by atoms with Crippen molar-refractivity contribution in [3.05, 3.63) is 35.1 Å². The molecule has 0 saturated carbocycles. The zero-order valence-corrected chi connectivity index (χ0v) is 24.0. The molecule has 232 valence electrons. The van der Waals surface area contributed by atoms with Crippen LogP contribution in [-0.2, 0) is 39.6 Å². The van der Waals surface area contributed by atoms with E-state index in [2.05, 4.69) is 5.32 Å². The molecule has 0 aliphatic carbocycles. The van der Waals surface area contributed by atoms with Gasteiger partial charge in [-0.15, -0.1) is 0 Å². The number of Topliss-reactive ketones (excluding diaryl/α,β-unsaturated/α-hetero) is 1. The molecule has 0 aliphatic heterocycles. The Hall–Kier alpha value is -1.60. The summed E-state index contributed by atoms with van der Waals surface area (Å²) < 4.78 is 73.0. The van der Waals surface area contributed by atoms with Gasteiger partial charge in [0.1, 0.15) is 23.2 Å². The second-order valence-corrected chi connectivity index (χ2v) is 9.21. The first kappa shape index (κ1) is 36.4. The van der Waals surface area contributed by atoms with Gasteiger partial charge in [-0.25, -0.2) is 13.2 Å². The smallest absolute Gasteiger partial charge is 0.137 e. The van der Waals surface area contributed by atoms with Crippen LogP contribution in [0.5, 0.6) is 0 Å². The van der Waals surface area contributed by atoms with Crippen molar-refractivity contribution in [3.63, 3.8) is 0 Å². The van der Waals surface area contributed by atoms with E-state index in [-0.39, 0.29) is 24.2 Å². The number of benzene rings is 1. The second-order valence-electron chi connectivity index (χ2n) is 9.21. The lowest BCUT2D eigenvalue weighted by molar-refractivity contribution is -0.118. The molecule has 0 atom stereocenters. The van der Waals surface area contributed by atoms with E-state index in [1.807, 2.05) is 7.05 Å². The normalized spacial score (nSPS) is 11.4. The molecule has 0 amide bonds. The van der Waals surface area contributed by atoms with Gasteiger partial charge in [0.05, 0.1) is 59.5 Å². The first-order valence-corrected chi connectivity index (χ1v) is 14.3. The van der Waals surface area contributed by atoms with E-state index >= 15 is 0 Å². The fourth-order valence-electron chi connectivity index (χ4n) is 3.57. The Kier molecular flexibility index (Phi) is 24.0. The maximum absolute atomic E-state index is 13.6. The van der Waals surface area contributed by atoms with Gasteiger partial charge in [-0.1, -0.05) is 6.42 Å². The summed E-state index contributed by atoms with van der Waals surface area (Å²) >= 11 is 0. The summed E-state index contributed by atoms with van der Waals surface area (Å²) in [7, 11) is 1.89. The second kappa shape index (κ2) is 26.3. The Morgan fingerprint density at radius 3 is 1.48 bits per heavy atom. The molecule has 11 heteroatoms. The lowest BCUT2D eigenvalue weighted by Crippen LogP contribution is -2.17. The van der Waals surface area contributed by atoms with Crippen LogP contribution in [0.1, 0.15) is 50.5 Å². The van der Waals surface area contributed by atoms with Crippen LogP contribution in [0.25, 0.3) is 0 Å². The number of ketones is 1. The summed E-state index contributed by atoms with van der Waals surface area (Å²) in [5, 5.41) is 3.01. The van der Waals surface area contributed by atoms with Crippen LogP contribution in [0.15, 0.2) is 12.1 Å². The number of likely N-dealkylation sites (N-methyl/N-ethyl adjacent to an activating group) is 1. The van der Waals surface area contributed by atoms with Gasteiger partial charge in [0.2, 0.25) is 0 Å². The fourth-order valence-corrected chi connectivity index (χ4v) is 3.57. The van der Waals surface area contributed by atoms with Gasteiger partial charge in [-0.3, -0.25) is 4.79 Å². The molecule has 0 spiro atoms. The van der Waals surface area contributed by atoms with Gasteiger partial charge in [-0.2, -0.15) is 0 Å². The molecule has 0 fully saturated rings. The quantitative estimate of drug-likeness (QED) is 0.141. The highest BCUT2D eigenvalue weighted by atomic mass is 19.1. The number of carbonyl (C=O) groups excluding carboxylic acids is 1. The molecule has 8 nitrogen and oxygen atoms in total. The Bertz CT molecular complexity index is 735. The number of nitrogens with one attached hydrogen (secondary N) is 1. The van der Waals surface area contributed by atoms with Gasteiger partial charge in [0, 0.05) is 56.9 Å². The van der Waals surface area contributed by atoms with Crippen molar-refractivity contribution < 1.29 is 46.4 Å². The van der Waals surface area contributed by atoms with Gasteiger partial charge >= 0.3 is 0 Å². The number of unbranched alkanes of at least 4 members (excludes halogenated alkanes) is 4. The van der Waals surface area contributed by atoms with Gasteiger partial charge in [0.15, 0.2) is 0 Å². The molecule has 1 aromatic rings. The summed E-state index contributed by atoms with van der Waals surface area (Å²) in [5.41, 5.74) is -0.370. The Labute approximate surface area is 237 Å². The first-order valence-electron chi connectivity index (χ1n) is 14.3. The number of hydrogen-bond acceptors (Lipinski definition) is 8. The molecule has 1 aromatic carbocycles.